The summed E-state index contributed by atoms with van der Waals surface area (Å²) in [6.45, 7) is 2.86. The van der Waals surface area contributed by atoms with Crippen LogP contribution in [0.25, 0.3) is 0 Å². The molecule has 0 atom stereocenters. The van der Waals surface area contributed by atoms with Crippen LogP contribution in [-0.2, 0) is 0 Å². The summed E-state index contributed by atoms with van der Waals surface area (Å²) in [4.78, 5) is 12.1. The Morgan fingerprint density at radius 2 is 1.93 bits per heavy atom. The maximum absolute atomic E-state index is 12.1. The van der Waals surface area contributed by atoms with E-state index in [1.807, 2.05) is 0 Å². The SMILES string of the molecule is CCCCCCOc1ccc(C(=O)NN=Cc2ccc(OC)c(O)c2)cc1. The van der Waals surface area contributed by atoms with Gasteiger partial charge in [0.25, 0.3) is 5.91 Å². The molecule has 2 aromatic rings. The fourth-order valence-corrected chi connectivity index (χ4v) is 2.44. The number of hydrazone groups is 1. The molecule has 144 valence electrons. The predicted molar refractivity (Wildman–Crippen MR) is 106 cm³/mol. The molecule has 1 amide bonds. The van der Waals surface area contributed by atoms with Gasteiger partial charge in [0.15, 0.2) is 11.5 Å². The predicted octanol–water partition coefficient (Wildman–Crippen LogP) is 4.12. The van der Waals surface area contributed by atoms with Gasteiger partial charge in [0.2, 0.25) is 0 Å². The van der Waals surface area contributed by atoms with Crippen LogP contribution in [0.1, 0.15) is 48.5 Å². The first-order chi connectivity index (χ1) is 13.1. The van der Waals surface area contributed by atoms with E-state index in [1.54, 1.807) is 36.4 Å². The summed E-state index contributed by atoms with van der Waals surface area (Å²) in [5, 5.41) is 13.6. The van der Waals surface area contributed by atoms with Crippen LogP contribution >= 0.6 is 0 Å². The molecule has 6 nitrogen and oxygen atoms in total. The second-order valence-electron chi connectivity index (χ2n) is 6.06. The third-order valence-electron chi connectivity index (χ3n) is 3.97. The Morgan fingerprint density at radius 1 is 1.15 bits per heavy atom. The number of hydrogen-bond acceptors (Lipinski definition) is 5. The highest BCUT2D eigenvalue weighted by Crippen LogP contribution is 2.25. The van der Waals surface area contributed by atoms with Crippen molar-refractivity contribution in [3.05, 3.63) is 53.6 Å². The summed E-state index contributed by atoms with van der Waals surface area (Å²) in [6.07, 6.45) is 6.07. The number of nitrogens with one attached hydrogen (secondary N) is 1. The Labute approximate surface area is 159 Å². The number of amides is 1. The summed E-state index contributed by atoms with van der Waals surface area (Å²) in [7, 11) is 1.48. The van der Waals surface area contributed by atoms with Crippen molar-refractivity contribution in [1.82, 2.24) is 5.43 Å². The van der Waals surface area contributed by atoms with Crippen molar-refractivity contribution in [3.8, 4) is 17.2 Å². The molecule has 0 heterocycles. The Balaban J connectivity index is 1.82. The van der Waals surface area contributed by atoms with Gasteiger partial charge >= 0.3 is 0 Å². The van der Waals surface area contributed by atoms with Crippen LogP contribution in [0.3, 0.4) is 0 Å². The monoisotopic (exact) mass is 370 g/mol. The Bertz CT molecular complexity index is 757. The van der Waals surface area contributed by atoms with Crippen molar-refractivity contribution < 1.29 is 19.4 Å². The van der Waals surface area contributed by atoms with E-state index in [9.17, 15) is 9.90 Å². The minimum Gasteiger partial charge on any atom is -0.504 e. The molecule has 0 unspecified atom stereocenters. The van der Waals surface area contributed by atoms with Gasteiger partial charge in [-0.05, 0) is 54.4 Å². The molecule has 0 aliphatic heterocycles. The van der Waals surface area contributed by atoms with Gasteiger partial charge in [-0.3, -0.25) is 4.79 Å². The van der Waals surface area contributed by atoms with E-state index in [4.69, 9.17) is 9.47 Å². The van der Waals surface area contributed by atoms with Crippen LogP contribution < -0.4 is 14.9 Å². The maximum Gasteiger partial charge on any atom is 0.271 e. The zero-order valence-electron chi connectivity index (χ0n) is 15.8. The normalized spacial score (nSPS) is 10.7. The number of ether oxygens (including phenoxy) is 2. The van der Waals surface area contributed by atoms with E-state index in [-0.39, 0.29) is 11.7 Å². The second-order valence-corrected chi connectivity index (χ2v) is 6.06. The number of hydrogen-bond donors (Lipinski definition) is 2. The molecular formula is C21H26N2O4. The number of phenolic OH excluding ortho intramolecular Hbond substituents is 1. The van der Waals surface area contributed by atoms with Crippen LogP contribution in [0.5, 0.6) is 17.2 Å². The van der Waals surface area contributed by atoms with Crippen LogP contribution in [0, 0.1) is 0 Å². The molecular weight excluding hydrogens is 344 g/mol. The average Bonchev–Trinajstić information content (AvgIpc) is 2.68. The Hall–Kier alpha value is -3.02. The minimum atomic E-state index is -0.321. The number of nitrogens with zero attached hydrogens (tertiary/aromatic N) is 1. The van der Waals surface area contributed by atoms with Gasteiger partial charge in [0, 0.05) is 5.56 Å². The largest absolute Gasteiger partial charge is 0.504 e. The number of phenols is 1. The van der Waals surface area contributed by atoms with Gasteiger partial charge in [-0.1, -0.05) is 26.2 Å². The number of benzene rings is 2. The van der Waals surface area contributed by atoms with Crippen LogP contribution in [-0.4, -0.2) is 30.9 Å². The molecule has 0 bridgehead atoms. The first-order valence-electron chi connectivity index (χ1n) is 9.07. The highest BCUT2D eigenvalue weighted by atomic mass is 16.5. The number of carbonyl (C=O) groups is 1. The lowest BCUT2D eigenvalue weighted by molar-refractivity contribution is 0.0955. The van der Waals surface area contributed by atoms with Crippen molar-refractivity contribution >= 4 is 12.1 Å². The first-order valence-corrected chi connectivity index (χ1v) is 9.07. The molecule has 0 aliphatic rings. The summed E-state index contributed by atoms with van der Waals surface area (Å²) < 4.78 is 10.6. The molecule has 2 aromatic carbocycles. The first kappa shape index (κ1) is 20.3. The lowest BCUT2D eigenvalue weighted by Gasteiger charge is -2.06. The van der Waals surface area contributed by atoms with Crippen molar-refractivity contribution in [1.29, 1.82) is 0 Å². The Kier molecular flexibility index (Phi) is 8.16. The van der Waals surface area contributed by atoms with Gasteiger partial charge in [-0.15, -0.1) is 0 Å². The standard InChI is InChI=1S/C21H26N2O4/c1-3-4-5-6-13-27-18-10-8-17(9-11-18)21(25)23-22-15-16-7-12-20(26-2)19(24)14-16/h7-12,14-15,24H,3-6,13H2,1-2H3,(H,23,25). The topological polar surface area (TPSA) is 80.2 Å². The van der Waals surface area contributed by atoms with E-state index in [0.717, 1.165) is 12.2 Å². The molecule has 2 N–H and O–H groups in total. The van der Waals surface area contributed by atoms with Crippen molar-refractivity contribution in [3.63, 3.8) is 0 Å². The summed E-state index contributed by atoms with van der Waals surface area (Å²) in [6, 6.07) is 11.8. The van der Waals surface area contributed by atoms with Crippen LogP contribution in [0.4, 0.5) is 0 Å². The van der Waals surface area contributed by atoms with E-state index >= 15 is 0 Å². The minimum absolute atomic E-state index is 0.0121. The molecule has 0 fully saturated rings. The molecule has 0 spiro atoms. The molecule has 2 rings (SSSR count). The van der Waals surface area contributed by atoms with Crippen molar-refractivity contribution in [2.75, 3.05) is 13.7 Å². The molecule has 27 heavy (non-hydrogen) atoms. The van der Waals surface area contributed by atoms with Crippen LogP contribution in [0.2, 0.25) is 0 Å². The fourth-order valence-electron chi connectivity index (χ4n) is 2.44. The third-order valence-corrected chi connectivity index (χ3v) is 3.97. The van der Waals surface area contributed by atoms with Gasteiger partial charge in [0.1, 0.15) is 5.75 Å². The van der Waals surface area contributed by atoms with Crippen LogP contribution in [0.15, 0.2) is 47.6 Å². The van der Waals surface area contributed by atoms with E-state index in [2.05, 4.69) is 17.5 Å². The molecule has 0 aromatic heterocycles. The molecule has 0 radical (unpaired) electrons. The molecule has 0 aliphatic carbocycles. The lowest BCUT2D eigenvalue weighted by atomic mass is 10.2. The van der Waals surface area contributed by atoms with Crippen molar-refractivity contribution in [2.45, 2.75) is 32.6 Å². The number of aromatic hydroxyl groups is 1. The maximum atomic E-state index is 12.1. The number of carbonyl (C=O) groups excluding carboxylic acids is 1. The highest BCUT2D eigenvalue weighted by molar-refractivity contribution is 5.95. The van der Waals surface area contributed by atoms with Gasteiger partial charge in [-0.25, -0.2) is 5.43 Å². The lowest BCUT2D eigenvalue weighted by Crippen LogP contribution is -2.17. The molecule has 0 saturated carbocycles. The summed E-state index contributed by atoms with van der Waals surface area (Å²) in [5.41, 5.74) is 3.59. The number of methoxy groups -OCH3 is 1. The Morgan fingerprint density at radius 3 is 2.59 bits per heavy atom. The van der Waals surface area contributed by atoms with E-state index in [1.165, 1.54) is 38.7 Å². The fraction of sp³-hybridized carbons (Fsp3) is 0.333. The smallest absolute Gasteiger partial charge is 0.271 e. The summed E-state index contributed by atoms with van der Waals surface area (Å²) in [5.74, 6) is 0.820. The zero-order valence-corrected chi connectivity index (χ0v) is 15.8. The molecule has 6 heteroatoms. The highest BCUT2D eigenvalue weighted by Gasteiger charge is 2.05. The number of unbranched alkanes of at least 4 members (excludes halogenated alkanes) is 3. The van der Waals surface area contributed by atoms with Gasteiger partial charge in [0.05, 0.1) is 19.9 Å². The van der Waals surface area contributed by atoms with E-state index < -0.39 is 0 Å². The van der Waals surface area contributed by atoms with Gasteiger partial charge < -0.3 is 14.6 Å². The van der Waals surface area contributed by atoms with E-state index in [0.29, 0.717) is 23.5 Å². The quantitative estimate of drug-likeness (QED) is 0.374. The zero-order chi connectivity index (χ0) is 19.5. The second kappa shape index (κ2) is 10.9. The van der Waals surface area contributed by atoms with Gasteiger partial charge in [-0.2, -0.15) is 5.10 Å². The number of rotatable bonds is 10. The van der Waals surface area contributed by atoms with Crippen molar-refractivity contribution in [2.24, 2.45) is 5.10 Å². The molecule has 0 saturated heterocycles. The third kappa shape index (κ3) is 6.66. The summed E-state index contributed by atoms with van der Waals surface area (Å²) >= 11 is 0. The average molecular weight is 370 g/mol.